The van der Waals surface area contributed by atoms with E-state index in [9.17, 15) is 43.3 Å². The van der Waals surface area contributed by atoms with Crippen LogP contribution < -0.4 is 5.32 Å². The van der Waals surface area contributed by atoms with E-state index >= 15 is 0 Å². The second-order valence-corrected chi connectivity index (χ2v) is 17.9. The van der Waals surface area contributed by atoms with Crippen LogP contribution in [0, 0.1) is 0 Å². The average Bonchev–Trinajstić information content (AvgIpc) is 3.19. The molecule has 346 valence electrons. The van der Waals surface area contributed by atoms with Gasteiger partial charge in [0.05, 0.1) is 25.4 Å². The maximum atomic E-state index is 13.1. The Morgan fingerprint density at radius 1 is 0.621 bits per heavy atom. The van der Waals surface area contributed by atoms with Gasteiger partial charge in [-0.15, -0.1) is 0 Å². The van der Waals surface area contributed by atoms with Crippen molar-refractivity contribution in [3.8, 4) is 0 Å². The second-order valence-electron chi connectivity index (χ2n) is 16.9. The van der Waals surface area contributed by atoms with Gasteiger partial charge in [0.15, 0.2) is 6.29 Å². The van der Waals surface area contributed by atoms with Gasteiger partial charge in [0.1, 0.15) is 30.5 Å². The van der Waals surface area contributed by atoms with Crippen LogP contribution in [0.1, 0.15) is 213 Å². The summed E-state index contributed by atoms with van der Waals surface area (Å²) >= 11 is 0. The first-order chi connectivity index (χ1) is 27.9. The third-order valence-electron chi connectivity index (χ3n) is 11.5. The Bertz CT molecular complexity index is 1070. The van der Waals surface area contributed by atoms with Gasteiger partial charge in [-0.2, -0.15) is 8.42 Å². The van der Waals surface area contributed by atoms with Gasteiger partial charge in [-0.1, -0.05) is 200 Å². The second kappa shape index (κ2) is 35.6. The van der Waals surface area contributed by atoms with E-state index in [1.807, 2.05) is 0 Å². The van der Waals surface area contributed by atoms with E-state index in [0.29, 0.717) is 19.3 Å². The van der Waals surface area contributed by atoms with Crippen LogP contribution in [-0.4, -0.2) is 107 Å². The van der Waals surface area contributed by atoms with Gasteiger partial charge < -0.3 is 40.3 Å². The number of hydrogen-bond acceptors (Lipinski definition) is 11. The molecule has 0 aromatic rings. The molecule has 0 saturated carbocycles. The smallest absolute Gasteiger partial charge is 0.394 e. The van der Waals surface area contributed by atoms with E-state index in [0.717, 1.165) is 38.5 Å². The molecule has 8 unspecified atom stereocenters. The van der Waals surface area contributed by atoms with Crippen molar-refractivity contribution >= 4 is 16.3 Å². The summed E-state index contributed by atoms with van der Waals surface area (Å²) in [6.45, 7) is 3.27. The lowest BCUT2D eigenvalue weighted by Gasteiger charge is -2.41. The van der Waals surface area contributed by atoms with Crippen molar-refractivity contribution in [1.29, 1.82) is 0 Å². The first-order valence-corrected chi connectivity index (χ1v) is 24.9. The number of aliphatic hydroxyl groups excluding tert-OH is 5. The van der Waals surface area contributed by atoms with Gasteiger partial charge in [0, 0.05) is 0 Å². The lowest BCUT2D eigenvalue weighted by Crippen LogP contribution is -2.61. The monoisotopic (exact) mass is 854 g/mol. The predicted octanol–water partition coefficient (Wildman–Crippen LogP) is 7.97. The first-order valence-electron chi connectivity index (χ1n) is 23.5. The number of nitrogens with one attached hydrogen (secondary N) is 1. The highest BCUT2D eigenvalue weighted by Crippen LogP contribution is 2.26. The molecule has 14 heteroatoms. The maximum Gasteiger partial charge on any atom is 0.397 e. The summed E-state index contributed by atoms with van der Waals surface area (Å²) in [4.78, 5) is 13.1. The zero-order valence-electron chi connectivity index (χ0n) is 36.5. The molecule has 0 spiro atoms. The molecule has 0 aromatic carbocycles. The molecule has 1 fully saturated rings. The van der Waals surface area contributed by atoms with Crippen LogP contribution in [0.3, 0.4) is 0 Å². The summed E-state index contributed by atoms with van der Waals surface area (Å²) in [5.41, 5.74) is 0. The summed E-state index contributed by atoms with van der Waals surface area (Å²) < 4.78 is 47.5. The van der Waals surface area contributed by atoms with E-state index < -0.39 is 78.5 Å². The van der Waals surface area contributed by atoms with E-state index in [4.69, 9.17) is 9.47 Å². The van der Waals surface area contributed by atoms with Crippen LogP contribution in [0.5, 0.6) is 0 Å². The largest absolute Gasteiger partial charge is 0.397 e. The Morgan fingerprint density at radius 2 is 1.00 bits per heavy atom. The highest BCUT2D eigenvalue weighted by Gasteiger charge is 2.48. The molecule has 1 aliphatic rings. The van der Waals surface area contributed by atoms with E-state index in [-0.39, 0.29) is 6.42 Å². The van der Waals surface area contributed by atoms with Crippen LogP contribution in [0.2, 0.25) is 0 Å². The molecule has 0 bridgehead atoms. The van der Waals surface area contributed by atoms with Crippen molar-refractivity contribution in [1.82, 2.24) is 5.32 Å². The quantitative estimate of drug-likeness (QED) is 0.0231. The van der Waals surface area contributed by atoms with Crippen LogP contribution >= 0.6 is 0 Å². The van der Waals surface area contributed by atoms with Crippen molar-refractivity contribution < 1.29 is 57.0 Å². The molecule has 0 aromatic heterocycles. The maximum absolute atomic E-state index is 13.1. The minimum absolute atomic E-state index is 0.266. The van der Waals surface area contributed by atoms with Gasteiger partial charge in [0.25, 0.3) is 0 Å². The Morgan fingerprint density at radius 3 is 1.38 bits per heavy atom. The molecule has 1 heterocycles. The van der Waals surface area contributed by atoms with Gasteiger partial charge >= 0.3 is 10.4 Å². The molecule has 7 N–H and O–H groups in total. The number of aliphatic hydroxyl groups is 5. The molecule has 1 rings (SSSR count). The number of ether oxygens (including phenoxy) is 2. The number of carbonyl (C=O) groups excluding carboxylic acids is 1. The Kier molecular flexibility index (Phi) is 33.8. The molecule has 13 nitrogen and oxygen atoms in total. The molecular formula is C44H87NO12S. The fourth-order valence-corrected chi connectivity index (χ4v) is 8.27. The summed E-state index contributed by atoms with van der Waals surface area (Å²) in [5, 5.41) is 55.3. The molecule has 0 aliphatic carbocycles. The number of hydrogen-bond donors (Lipinski definition) is 7. The van der Waals surface area contributed by atoms with Crippen molar-refractivity contribution in [3.63, 3.8) is 0 Å². The number of amides is 1. The molecule has 1 amide bonds. The Labute approximate surface area is 352 Å². The standard InChI is InChI=1S/C44H87NO12S/c1-3-5-7-9-11-13-15-16-17-18-19-20-21-23-25-27-29-31-33-38(48)43(51)45-36(37(47)32-30-28-26-24-22-14-12-10-8-6-4-2)35-55-44-41(50)42(57-58(52,53)54)40(49)39(34-46)56-44/h36-42,44,46-50H,3-35H2,1-2H3,(H,45,51)(H,52,53,54). The number of rotatable bonds is 40. The van der Waals surface area contributed by atoms with Crippen molar-refractivity contribution in [3.05, 3.63) is 0 Å². The van der Waals surface area contributed by atoms with Crippen molar-refractivity contribution in [2.45, 2.75) is 262 Å². The minimum Gasteiger partial charge on any atom is -0.394 e. The van der Waals surface area contributed by atoms with E-state index in [1.165, 1.54) is 135 Å². The highest BCUT2D eigenvalue weighted by molar-refractivity contribution is 7.80. The predicted molar refractivity (Wildman–Crippen MR) is 229 cm³/mol. The topological polar surface area (TPSA) is 212 Å². The molecule has 8 atom stereocenters. The Balaban J connectivity index is 2.50. The van der Waals surface area contributed by atoms with Gasteiger partial charge in [0.2, 0.25) is 5.91 Å². The van der Waals surface area contributed by atoms with Crippen LogP contribution in [-0.2, 0) is 28.9 Å². The Hall–Kier alpha value is -0.940. The average molecular weight is 854 g/mol. The van der Waals surface area contributed by atoms with Crippen LogP contribution in [0.4, 0.5) is 0 Å². The third-order valence-corrected chi connectivity index (χ3v) is 12.0. The van der Waals surface area contributed by atoms with Crippen molar-refractivity contribution in [2.24, 2.45) is 0 Å². The molecular weight excluding hydrogens is 767 g/mol. The van der Waals surface area contributed by atoms with Gasteiger partial charge in [-0.3, -0.25) is 9.35 Å². The van der Waals surface area contributed by atoms with E-state index in [1.54, 1.807) is 0 Å². The number of unbranched alkanes of at least 4 members (excludes halogenated alkanes) is 27. The molecule has 1 saturated heterocycles. The molecule has 0 radical (unpaired) electrons. The minimum atomic E-state index is -5.10. The summed E-state index contributed by atoms with van der Waals surface area (Å²) in [6.07, 6.45) is 24.4. The molecule has 58 heavy (non-hydrogen) atoms. The zero-order valence-corrected chi connectivity index (χ0v) is 37.3. The number of carbonyl (C=O) groups is 1. The van der Waals surface area contributed by atoms with Gasteiger partial charge in [-0.25, -0.2) is 4.18 Å². The summed E-state index contributed by atoms with van der Waals surface area (Å²) in [5.74, 6) is -0.667. The zero-order chi connectivity index (χ0) is 42.9. The fourth-order valence-electron chi connectivity index (χ4n) is 7.76. The van der Waals surface area contributed by atoms with Crippen LogP contribution in [0.15, 0.2) is 0 Å². The lowest BCUT2D eigenvalue weighted by molar-refractivity contribution is -0.298. The third kappa shape index (κ3) is 27.8. The van der Waals surface area contributed by atoms with E-state index in [2.05, 4.69) is 23.3 Å². The SMILES string of the molecule is CCCCCCCCCCCCCCCCCCCCC(O)C(=O)NC(COC1OC(CO)C(O)C(OS(=O)(=O)O)C1O)C(O)CCCCCCCCCCCCC. The first kappa shape index (κ1) is 55.1. The fraction of sp³-hybridized carbons (Fsp3) is 0.977. The van der Waals surface area contributed by atoms with Gasteiger partial charge in [-0.05, 0) is 12.8 Å². The molecule has 1 aliphatic heterocycles. The van der Waals surface area contributed by atoms with Crippen LogP contribution in [0.25, 0.3) is 0 Å². The lowest BCUT2D eigenvalue weighted by atomic mass is 9.99. The van der Waals surface area contributed by atoms with Crippen molar-refractivity contribution in [2.75, 3.05) is 13.2 Å². The highest BCUT2D eigenvalue weighted by atomic mass is 32.3. The summed E-state index contributed by atoms with van der Waals surface area (Å²) in [7, 11) is -5.10. The normalized spacial score (nSPS) is 21.6. The summed E-state index contributed by atoms with van der Waals surface area (Å²) in [6, 6.07) is -1.03.